The van der Waals surface area contributed by atoms with Crippen molar-refractivity contribution < 1.29 is 20.1 Å². The number of carbonyl (C=O) groups is 1. The molecule has 0 amide bonds. The van der Waals surface area contributed by atoms with Gasteiger partial charge in [0.05, 0.1) is 5.41 Å². The third-order valence-corrected chi connectivity index (χ3v) is 6.00. The van der Waals surface area contributed by atoms with Gasteiger partial charge in [-0.3, -0.25) is 4.79 Å². The Hall–Kier alpha value is -1.71. The molecule has 0 heterocycles. The third kappa shape index (κ3) is 10.4. The standard InChI is InChI=1S/C26H44O4/c1-25(2,3)16-12-8-6-10-14-20-18-22(27)23(28)19-21(20)15-11-7-9-13-17-26(4,5)24(29)30/h18-19,27-28H,6-17H2,1-5H3,(H,29,30). The Kier molecular flexibility index (Phi) is 10.7. The summed E-state index contributed by atoms with van der Waals surface area (Å²) in [5, 5.41) is 29.0. The summed E-state index contributed by atoms with van der Waals surface area (Å²) in [5.74, 6) is -0.801. The largest absolute Gasteiger partial charge is 0.504 e. The maximum Gasteiger partial charge on any atom is 0.309 e. The lowest BCUT2D eigenvalue weighted by Gasteiger charge is -2.18. The van der Waals surface area contributed by atoms with Crippen molar-refractivity contribution >= 4 is 5.97 Å². The first-order valence-corrected chi connectivity index (χ1v) is 11.7. The van der Waals surface area contributed by atoms with Crippen LogP contribution in [0.3, 0.4) is 0 Å². The lowest BCUT2D eigenvalue weighted by Crippen LogP contribution is -2.23. The number of aromatic hydroxyl groups is 2. The summed E-state index contributed by atoms with van der Waals surface area (Å²) in [5.41, 5.74) is 2.03. The van der Waals surface area contributed by atoms with Crippen molar-refractivity contribution in [3.63, 3.8) is 0 Å². The van der Waals surface area contributed by atoms with Crippen molar-refractivity contribution in [1.82, 2.24) is 0 Å². The van der Waals surface area contributed by atoms with E-state index in [2.05, 4.69) is 20.8 Å². The van der Waals surface area contributed by atoms with Crippen LogP contribution in [-0.2, 0) is 17.6 Å². The highest BCUT2D eigenvalue weighted by molar-refractivity contribution is 5.73. The van der Waals surface area contributed by atoms with E-state index in [0.29, 0.717) is 11.8 Å². The van der Waals surface area contributed by atoms with E-state index in [1.54, 1.807) is 26.0 Å². The molecule has 0 saturated carbocycles. The summed E-state index contributed by atoms with van der Waals surface area (Å²) in [4.78, 5) is 11.2. The summed E-state index contributed by atoms with van der Waals surface area (Å²) in [6, 6.07) is 3.45. The number of benzene rings is 1. The molecule has 3 N–H and O–H groups in total. The molecule has 0 spiro atoms. The van der Waals surface area contributed by atoms with Crippen LogP contribution in [0.2, 0.25) is 0 Å². The van der Waals surface area contributed by atoms with Crippen molar-refractivity contribution in [3.05, 3.63) is 23.3 Å². The van der Waals surface area contributed by atoms with Gasteiger partial charge in [0.2, 0.25) is 0 Å². The lowest BCUT2D eigenvalue weighted by atomic mass is 9.87. The predicted molar refractivity (Wildman–Crippen MR) is 124 cm³/mol. The Bertz CT molecular complexity index is 656. The zero-order valence-corrected chi connectivity index (χ0v) is 19.9. The summed E-state index contributed by atoms with van der Waals surface area (Å²) in [6.07, 6.45) is 12.6. The summed E-state index contributed by atoms with van der Waals surface area (Å²) in [6.45, 7) is 10.4. The van der Waals surface area contributed by atoms with Crippen LogP contribution in [-0.4, -0.2) is 21.3 Å². The van der Waals surface area contributed by atoms with Gasteiger partial charge in [-0.15, -0.1) is 0 Å². The molecular formula is C26H44O4. The number of rotatable bonds is 14. The Balaban J connectivity index is 2.42. The number of phenolic OH excluding ortho intramolecular Hbond substituents is 2. The van der Waals surface area contributed by atoms with Gasteiger partial charge in [0.15, 0.2) is 11.5 Å². The maximum absolute atomic E-state index is 11.2. The van der Waals surface area contributed by atoms with Crippen LogP contribution < -0.4 is 0 Å². The molecule has 1 aromatic carbocycles. The van der Waals surface area contributed by atoms with E-state index in [-0.39, 0.29) is 11.5 Å². The molecule has 30 heavy (non-hydrogen) atoms. The first kappa shape index (κ1) is 26.3. The quantitative estimate of drug-likeness (QED) is 0.219. The normalized spacial score (nSPS) is 12.3. The fraction of sp³-hybridized carbons (Fsp3) is 0.731. The fourth-order valence-corrected chi connectivity index (χ4v) is 3.80. The number of carboxylic acids is 1. The molecule has 0 fully saturated rings. The summed E-state index contributed by atoms with van der Waals surface area (Å²) in [7, 11) is 0. The second kappa shape index (κ2) is 12.2. The molecule has 4 heteroatoms. The molecule has 0 aliphatic rings. The number of hydrogen-bond donors (Lipinski definition) is 3. The maximum atomic E-state index is 11.2. The molecule has 0 radical (unpaired) electrons. The smallest absolute Gasteiger partial charge is 0.309 e. The number of unbranched alkanes of at least 4 members (excludes halogenated alkanes) is 6. The molecule has 0 aliphatic heterocycles. The summed E-state index contributed by atoms with van der Waals surface area (Å²) < 4.78 is 0. The van der Waals surface area contributed by atoms with Crippen molar-refractivity contribution in [2.24, 2.45) is 10.8 Å². The van der Waals surface area contributed by atoms with Crippen LogP contribution in [0, 0.1) is 10.8 Å². The number of hydrogen-bond acceptors (Lipinski definition) is 3. The molecule has 0 saturated heterocycles. The lowest BCUT2D eigenvalue weighted by molar-refractivity contribution is -0.147. The SMILES string of the molecule is CC(C)(C)CCCCCCc1cc(O)c(O)cc1CCCCCCC(C)(C)C(=O)O. The van der Waals surface area contributed by atoms with Gasteiger partial charge in [0.1, 0.15) is 0 Å². The van der Waals surface area contributed by atoms with E-state index < -0.39 is 11.4 Å². The predicted octanol–water partition coefficient (Wildman–Crippen LogP) is 7.24. The fourth-order valence-electron chi connectivity index (χ4n) is 3.80. The molecule has 4 nitrogen and oxygen atoms in total. The zero-order valence-electron chi connectivity index (χ0n) is 19.9. The van der Waals surface area contributed by atoms with Gasteiger partial charge in [0, 0.05) is 0 Å². The molecule has 0 aliphatic carbocycles. The Morgan fingerprint density at radius 1 is 0.700 bits per heavy atom. The third-order valence-electron chi connectivity index (χ3n) is 6.00. The first-order chi connectivity index (χ1) is 13.9. The molecule has 0 bridgehead atoms. The van der Waals surface area contributed by atoms with E-state index in [9.17, 15) is 20.1 Å². The first-order valence-electron chi connectivity index (χ1n) is 11.7. The van der Waals surface area contributed by atoms with Crippen molar-refractivity contribution in [2.75, 3.05) is 0 Å². The van der Waals surface area contributed by atoms with Gasteiger partial charge in [0.25, 0.3) is 0 Å². The monoisotopic (exact) mass is 420 g/mol. The number of aryl methyl sites for hydroxylation is 2. The minimum absolute atomic E-state index is 0.0302. The van der Waals surface area contributed by atoms with Gasteiger partial charge >= 0.3 is 5.97 Å². The average molecular weight is 421 g/mol. The minimum Gasteiger partial charge on any atom is -0.504 e. The topological polar surface area (TPSA) is 77.8 Å². The number of aliphatic carboxylic acids is 1. The van der Waals surface area contributed by atoms with Gasteiger partial charge in [-0.05, 0) is 81.0 Å². The molecule has 0 atom stereocenters. The van der Waals surface area contributed by atoms with E-state index >= 15 is 0 Å². The second-order valence-corrected chi connectivity index (χ2v) is 10.7. The van der Waals surface area contributed by atoms with E-state index in [4.69, 9.17) is 0 Å². The minimum atomic E-state index is -0.731. The van der Waals surface area contributed by atoms with Crippen molar-refractivity contribution in [1.29, 1.82) is 0 Å². The van der Waals surface area contributed by atoms with Gasteiger partial charge in [-0.1, -0.05) is 59.3 Å². The van der Waals surface area contributed by atoms with Crippen molar-refractivity contribution in [2.45, 2.75) is 112 Å². The van der Waals surface area contributed by atoms with Crippen LogP contribution in [0.15, 0.2) is 12.1 Å². The highest BCUT2D eigenvalue weighted by Crippen LogP contribution is 2.31. The van der Waals surface area contributed by atoms with Crippen LogP contribution in [0.4, 0.5) is 0 Å². The molecule has 1 aromatic rings. The van der Waals surface area contributed by atoms with Crippen LogP contribution in [0.1, 0.15) is 110 Å². The summed E-state index contributed by atoms with van der Waals surface area (Å²) >= 11 is 0. The number of carboxylic acid groups (broad SMARTS) is 1. The van der Waals surface area contributed by atoms with Crippen LogP contribution in [0.5, 0.6) is 11.5 Å². The van der Waals surface area contributed by atoms with Gasteiger partial charge in [-0.25, -0.2) is 0 Å². The molecule has 0 aromatic heterocycles. The van der Waals surface area contributed by atoms with Gasteiger partial charge < -0.3 is 15.3 Å². The molecular weight excluding hydrogens is 376 g/mol. The average Bonchev–Trinajstić information content (AvgIpc) is 2.63. The Morgan fingerprint density at radius 2 is 1.10 bits per heavy atom. The molecule has 0 unspecified atom stereocenters. The highest BCUT2D eigenvalue weighted by Gasteiger charge is 2.25. The van der Waals surface area contributed by atoms with Gasteiger partial charge in [-0.2, -0.15) is 0 Å². The molecule has 1 rings (SSSR count). The highest BCUT2D eigenvalue weighted by atomic mass is 16.4. The van der Waals surface area contributed by atoms with Crippen LogP contribution in [0.25, 0.3) is 0 Å². The number of phenols is 2. The molecule has 172 valence electrons. The Morgan fingerprint density at radius 3 is 1.50 bits per heavy atom. The Labute approximate surface area is 183 Å². The second-order valence-electron chi connectivity index (χ2n) is 10.7. The van der Waals surface area contributed by atoms with Crippen molar-refractivity contribution in [3.8, 4) is 11.5 Å². The van der Waals surface area contributed by atoms with Crippen LogP contribution >= 0.6 is 0 Å². The van der Waals surface area contributed by atoms with E-state index in [1.807, 2.05) is 0 Å². The zero-order chi connectivity index (χ0) is 22.8. The van der Waals surface area contributed by atoms with E-state index in [0.717, 1.165) is 56.1 Å². The van der Waals surface area contributed by atoms with E-state index in [1.165, 1.54) is 25.7 Å².